The van der Waals surface area contributed by atoms with E-state index in [-0.39, 0.29) is 35.3 Å². The van der Waals surface area contributed by atoms with E-state index in [1.165, 1.54) is 11.8 Å². The molecule has 1 aliphatic carbocycles. The van der Waals surface area contributed by atoms with Crippen molar-refractivity contribution in [3.05, 3.63) is 80.7 Å². The quantitative estimate of drug-likeness (QED) is 0.635. The molecule has 0 saturated heterocycles. The average molecular weight is 443 g/mol. The van der Waals surface area contributed by atoms with Gasteiger partial charge < -0.3 is 15.7 Å². The molecule has 30 heavy (non-hydrogen) atoms. The Labute approximate surface area is 182 Å². The van der Waals surface area contributed by atoms with Gasteiger partial charge in [-0.15, -0.1) is 11.8 Å². The molecule has 1 unspecified atom stereocenters. The van der Waals surface area contributed by atoms with Crippen molar-refractivity contribution in [1.29, 1.82) is 0 Å². The average Bonchev–Trinajstić information content (AvgIpc) is 3.13. The SMILES string of the molecule is O=C(CNCc1ccc(Cl)cc1)NC1(CO)CSC2=C1C(=O)c1ccccc1C2=O. The number of halogens is 1. The predicted molar refractivity (Wildman–Crippen MR) is 116 cm³/mol. The molecule has 2 aliphatic rings. The van der Waals surface area contributed by atoms with Crippen LogP contribution in [0.2, 0.25) is 5.02 Å². The molecule has 1 amide bonds. The van der Waals surface area contributed by atoms with E-state index < -0.39 is 12.1 Å². The number of carbonyl (C=O) groups excluding carboxylic acids is 3. The van der Waals surface area contributed by atoms with E-state index in [2.05, 4.69) is 10.6 Å². The molecular formula is C22H19ClN2O4S. The molecule has 6 nitrogen and oxygen atoms in total. The van der Waals surface area contributed by atoms with Crippen LogP contribution in [0.5, 0.6) is 0 Å². The molecular weight excluding hydrogens is 424 g/mol. The summed E-state index contributed by atoms with van der Waals surface area (Å²) in [4.78, 5) is 38.8. The number of rotatable bonds is 6. The maximum absolute atomic E-state index is 13.1. The maximum atomic E-state index is 13.1. The largest absolute Gasteiger partial charge is 0.394 e. The van der Waals surface area contributed by atoms with Gasteiger partial charge in [0.05, 0.1) is 18.1 Å². The molecule has 154 valence electrons. The van der Waals surface area contributed by atoms with Gasteiger partial charge in [0.1, 0.15) is 5.54 Å². The molecule has 0 aromatic heterocycles. The number of hydrogen-bond donors (Lipinski definition) is 3. The standard InChI is InChI=1S/C22H19ClN2O4S/c23-14-7-5-13(6-8-14)9-24-10-17(27)25-22(11-26)12-30-21-18(22)19(28)15-3-1-2-4-16(15)20(21)29/h1-8,24,26H,9-12H2,(H,25,27). The molecule has 0 radical (unpaired) electrons. The van der Waals surface area contributed by atoms with Crippen LogP contribution >= 0.6 is 23.4 Å². The van der Waals surface area contributed by atoms with E-state index in [1.807, 2.05) is 12.1 Å². The highest BCUT2D eigenvalue weighted by molar-refractivity contribution is 8.04. The molecule has 1 aliphatic heterocycles. The number of allylic oxidation sites excluding steroid dienone is 1. The van der Waals surface area contributed by atoms with Gasteiger partial charge in [-0.25, -0.2) is 0 Å². The second kappa shape index (κ2) is 8.35. The number of benzene rings is 2. The zero-order chi connectivity index (χ0) is 21.3. The zero-order valence-corrected chi connectivity index (χ0v) is 17.5. The predicted octanol–water partition coefficient (Wildman–Crippen LogP) is 2.36. The number of aliphatic hydroxyl groups is 1. The van der Waals surface area contributed by atoms with Crippen LogP contribution in [0.15, 0.2) is 59.0 Å². The second-order valence-corrected chi connectivity index (χ2v) is 8.64. The summed E-state index contributed by atoms with van der Waals surface area (Å²) in [5.74, 6) is -0.710. The third-order valence-electron chi connectivity index (χ3n) is 5.19. The van der Waals surface area contributed by atoms with Crippen LogP contribution in [-0.2, 0) is 11.3 Å². The Kier molecular flexibility index (Phi) is 5.79. The van der Waals surface area contributed by atoms with Crippen molar-refractivity contribution >= 4 is 40.8 Å². The first kappa shape index (κ1) is 20.8. The summed E-state index contributed by atoms with van der Waals surface area (Å²) in [5, 5.41) is 16.6. The van der Waals surface area contributed by atoms with Gasteiger partial charge in [-0.1, -0.05) is 48.0 Å². The smallest absolute Gasteiger partial charge is 0.234 e. The molecule has 3 N–H and O–H groups in total. The first-order valence-corrected chi connectivity index (χ1v) is 10.7. The Morgan fingerprint density at radius 1 is 1.07 bits per heavy atom. The van der Waals surface area contributed by atoms with E-state index in [4.69, 9.17) is 11.6 Å². The zero-order valence-electron chi connectivity index (χ0n) is 15.9. The van der Waals surface area contributed by atoms with Gasteiger partial charge in [-0.3, -0.25) is 14.4 Å². The van der Waals surface area contributed by atoms with Crippen molar-refractivity contribution in [2.24, 2.45) is 0 Å². The topological polar surface area (TPSA) is 95.5 Å². The third kappa shape index (κ3) is 3.70. The number of hydrogen-bond acceptors (Lipinski definition) is 6. The van der Waals surface area contributed by atoms with Crippen molar-refractivity contribution in [2.75, 3.05) is 18.9 Å². The number of amides is 1. The molecule has 8 heteroatoms. The molecule has 1 heterocycles. The first-order chi connectivity index (χ1) is 14.4. The van der Waals surface area contributed by atoms with Crippen molar-refractivity contribution in [2.45, 2.75) is 12.1 Å². The third-order valence-corrected chi connectivity index (χ3v) is 6.76. The minimum Gasteiger partial charge on any atom is -0.394 e. The van der Waals surface area contributed by atoms with Crippen LogP contribution in [0.25, 0.3) is 0 Å². The Hall–Kier alpha value is -2.45. The van der Waals surface area contributed by atoms with Crippen molar-refractivity contribution in [1.82, 2.24) is 10.6 Å². The second-order valence-electron chi connectivity index (χ2n) is 7.22. The summed E-state index contributed by atoms with van der Waals surface area (Å²) in [5.41, 5.74) is 0.536. The van der Waals surface area contributed by atoms with Gasteiger partial charge in [0.25, 0.3) is 0 Å². The Morgan fingerprint density at radius 3 is 2.40 bits per heavy atom. The normalized spacial score (nSPS) is 20.2. The van der Waals surface area contributed by atoms with Crippen LogP contribution in [0.3, 0.4) is 0 Å². The van der Waals surface area contributed by atoms with Crippen molar-refractivity contribution in [3.8, 4) is 0 Å². The van der Waals surface area contributed by atoms with E-state index in [1.54, 1.807) is 36.4 Å². The highest BCUT2D eigenvalue weighted by atomic mass is 35.5. The van der Waals surface area contributed by atoms with Crippen molar-refractivity contribution < 1.29 is 19.5 Å². The van der Waals surface area contributed by atoms with E-state index in [0.29, 0.717) is 27.6 Å². The van der Waals surface area contributed by atoms with Crippen LogP contribution in [0.4, 0.5) is 0 Å². The lowest BCUT2D eigenvalue weighted by Crippen LogP contribution is -2.57. The van der Waals surface area contributed by atoms with E-state index in [9.17, 15) is 19.5 Å². The van der Waals surface area contributed by atoms with E-state index >= 15 is 0 Å². The fraction of sp³-hybridized carbons (Fsp3) is 0.227. The fourth-order valence-electron chi connectivity index (χ4n) is 3.69. The number of carbonyl (C=O) groups is 3. The summed E-state index contributed by atoms with van der Waals surface area (Å²) >= 11 is 7.07. The van der Waals surface area contributed by atoms with Crippen LogP contribution in [0, 0.1) is 0 Å². The number of ketones is 2. The van der Waals surface area contributed by atoms with Gasteiger partial charge in [-0.2, -0.15) is 0 Å². The summed E-state index contributed by atoms with van der Waals surface area (Å²) in [6.07, 6.45) is 0. The lowest BCUT2D eigenvalue weighted by molar-refractivity contribution is -0.122. The Bertz CT molecular complexity index is 1070. The Balaban J connectivity index is 1.49. The minimum absolute atomic E-state index is 0.00359. The van der Waals surface area contributed by atoms with Gasteiger partial charge in [0.2, 0.25) is 11.7 Å². The van der Waals surface area contributed by atoms with Gasteiger partial charge in [-0.05, 0) is 17.7 Å². The molecule has 0 bridgehead atoms. The van der Waals surface area contributed by atoms with Gasteiger partial charge in [0.15, 0.2) is 5.78 Å². The summed E-state index contributed by atoms with van der Waals surface area (Å²) < 4.78 is 0. The summed E-state index contributed by atoms with van der Waals surface area (Å²) in [6, 6.07) is 13.9. The molecule has 2 aromatic carbocycles. The van der Waals surface area contributed by atoms with E-state index in [0.717, 1.165) is 5.56 Å². The number of fused-ring (bicyclic) bond motifs is 1. The minimum atomic E-state index is -1.28. The monoisotopic (exact) mass is 442 g/mol. The van der Waals surface area contributed by atoms with Crippen LogP contribution in [-0.4, -0.2) is 47.0 Å². The molecule has 0 saturated carbocycles. The van der Waals surface area contributed by atoms with Crippen LogP contribution < -0.4 is 10.6 Å². The number of Topliss-reactive ketones (excluding diaryl/α,β-unsaturated/α-hetero) is 2. The first-order valence-electron chi connectivity index (χ1n) is 9.38. The van der Waals surface area contributed by atoms with Gasteiger partial charge in [0, 0.05) is 34.0 Å². The molecule has 0 fully saturated rings. The highest BCUT2D eigenvalue weighted by Gasteiger charge is 2.50. The highest BCUT2D eigenvalue weighted by Crippen LogP contribution is 2.45. The molecule has 1 atom stereocenters. The number of aliphatic hydroxyl groups excluding tert-OH is 1. The summed E-state index contributed by atoms with van der Waals surface area (Å²) in [7, 11) is 0. The van der Waals surface area contributed by atoms with Crippen molar-refractivity contribution in [3.63, 3.8) is 0 Å². The molecule has 2 aromatic rings. The summed E-state index contributed by atoms with van der Waals surface area (Å²) in [6.45, 7) is -0.0104. The molecule has 4 rings (SSSR count). The maximum Gasteiger partial charge on any atom is 0.234 e. The lowest BCUT2D eigenvalue weighted by atomic mass is 9.80. The fourth-order valence-corrected chi connectivity index (χ4v) is 5.19. The lowest BCUT2D eigenvalue weighted by Gasteiger charge is -2.31. The van der Waals surface area contributed by atoms with Crippen LogP contribution in [0.1, 0.15) is 26.3 Å². The number of thioether (sulfide) groups is 1. The number of nitrogens with one attached hydrogen (secondary N) is 2. The van der Waals surface area contributed by atoms with Gasteiger partial charge >= 0.3 is 0 Å². The Morgan fingerprint density at radius 2 is 1.73 bits per heavy atom. The molecule has 0 spiro atoms.